The summed E-state index contributed by atoms with van der Waals surface area (Å²) in [5.74, 6) is 1.20. The van der Waals surface area contributed by atoms with Crippen molar-refractivity contribution in [2.75, 3.05) is 5.75 Å². The number of benzene rings is 1. The number of carbonyl (C=O) groups is 1. The van der Waals surface area contributed by atoms with Gasteiger partial charge in [0.25, 0.3) is 0 Å². The number of rotatable bonds is 0. The van der Waals surface area contributed by atoms with E-state index < -0.39 is 0 Å². The van der Waals surface area contributed by atoms with Crippen molar-refractivity contribution in [3.8, 4) is 0 Å². The lowest BCUT2D eigenvalue weighted by molar-refractivity contribution is 0.0986. The highest BCUT2D eigenvalue weighted by molar-refractivity contribution is 7.99. The summed E-state index contributed by atoms with van der Waals surface area (Å²) in [4.78, 5) is 11.9. The van der Waals surface area contributed by atoms with E-state index in [1.807, 2.05) is 25.2 Å². The van der Waals surface area contributed by atoms with Crippen LogP contribution in [0.2, 0.25) is 0 Å². The lowest BCUT2D eigenvalue weighted by atomic mass is 10.1. The summed E-state index contributed by atoms with van der Waals surface area (Å²) in [6, 6.07) is 8.12. The molecular weight excluding hydrogens is 242 g/mol. The Hall–Kier alpha value is -0.930. The number of Topliss-reactive ketones (excluding diaryl/α,β-unsaturated/α-hetero) is 1. The second-order valence-corrected chi connectivity index (χ2v) is 4.86. The van der Waals surface area contributed by atoms with Crippen LogP contribution in [0.4, 0.5) is 0 Å². The molecule has 3 rings (SSSR count). The van der Waals surface area contributed by atoms with E-state index >= 15 is 0 Å². The van der Waals surface area contributed by atoms with E-state index in [1.165, 1.54) is 0 Å². The van der Waals surface area contributed by atoms with Gasteiger partial charge in [-0.05, 0) is 6.07 Å². The molecule has 0 fully saturated rings. The summed E-state index contributed by atoms with van der Waals surface area (Å²) >= 11 is 1.79. The number of para-hydroxylation sites is 1. The lowest BCUT2D eigenvalue weighted by Gasteiger charge is -2.11. The average molecular weight is 254 g/mol. The van der Waals surface area contributed by atoms with Gasteiger partial charge in [-0.3, -0.25) is 4.79 Å². The van der Waals surface area contributed by atoms with Gasteiger partial charge in [-0.2, -0.15) is 0 Å². The molecule has 1 aliphatic heterocycles. The molecule has 1 aliphatic rings. The van der Waals surface area contributed by atoms with Crippen molar-refractivity contribution in [3.63, 3.8) is 0 Å². The fourth-order valence-corrected chi connectivity index (χ4v) is 3.31. The van der Waals surface area contributed by atoms with Gasteiger partial charge >= 0.3 is 0 Å². The first-order chi connectivity index (χ1) is 7.29. The van der Waals surface area contributed by atoms with Crippen molar-refractivity contribution in [3.05, 3.63) is 29.8 Å². The Morgan fingerprint density at radius 1 is 1.31 bits per heavy atom. The fraction of sp³-hybridized carbons (Fsp3) is 0.250. The van der Waals surface area contributed by atoms with E-state index in [-0.39, 0.29) is 12.4 Å². The van der Waals surface area contributed by atoms with Gasteiger partial charge in [-0.1, -0.05) is 18.2 Å². The SMILES string of the molecule is Cl.Cn1c2c(c3ccccc31)C(=O)CCS2. The molecule has 0 spiro atoms. The second kappa shape index (κ2) is 4.15. The van der Waals surface area contributed by atoms with Gasteiger partial charge in [0.1, 0.15) is 0 Å². The Morgan fingerprint density at radius 2 is 2.06 bits per heavy atom. The first-order valence-electron chi connectivity index (χ1n) is 5.02. The van der Waals surface area contributed by atoms with Crippen LogP contribution in [0.1, 0.15) is 16.8 Å². The molecular formula is C12H12ClNOS. The molecule has 0 saturated carbocycles. The van der Waals surface area contributed by atoms with Crippen LogP contribution in [-0.4, -0.2) is 16.1 Å². The third-order valence-electron chi connectivity index (χ3n) is 2.90. The number of ketones is 1. The highest BCUT2D eigenvalue weighted by Gasteiger charge is 2.24. The van der Waals surface area contributed by atoms with E-state index in [0.29, 0.717) is 12.2 Å². The largest absolute Gasteiger partial charge is 0.338 e. The van der Waals surface area contributed by atoms with Crippen molar-refractivity contribution in [2.24, 2.45) is 7.05 Å². The van der Waals surface area contributed by atoms with Crippen LogP contribution in [0.15, 0.2) is 29.3 Å². The Kier molecular flexibility index (Phi) is 3.00. The number of aryl methyl sites for hydroxylation is 1. The molecule has 2 aromatic rings. The smallest absolute Gasteiger partial charge is 0.167 e. The fourth-order valence-electron chi connectivity index (χ4n) is 2.17. The minimum atomic E-state index is 0. The normalized spacial score (nSPS) is 14.7. The molecule has 2 nitrogen and oxygen atoms in total. The van der Waals surface area contributed by atoms with E-state index in [1.54, 1.807) is 11.8 Å². The zero-order valence-electron chi connectivity index (χ0n) is 8.90. The highest BCUT2D eigenvalue weighted by Crippen LogP contribution is 2.36. The van der Waals surface area contributed by atoms with Crippen LogP contribution in [-0.2, 0) is 7.05 Å². The molecule has 1 aromatic heterocycles. The van der Waals surface area contributed by atoms with E-state index in [0.717, 1.165) is 27.2 Å². The molecule has 0 atom stereocenters. The third kappa shape index (κ3) is 1.46. The Labute approximate surface area is 104 Å². The molecule has 4 heteroatoms. The zero-order chi connectivity index (χ0) is 10.4. The molecule has 2 heterocycles. The van der Waals surface area contributed by atoms with Crippen LogP contribution in [0.3, 0.4) is 0 Å². The zero-order valence-corrected chi connectivity index (χ0v) is 10.5. The first kappa shape index (κ1) is 11.6. The van der Waals surface area contributed by atoms with Crippen molar-refractivity contribution in [1.82, 2.24) is 4.57 Å². The summed E-state index contributed by atoms with van der Waals surface area (Å²) < 4.78 is 2.13. The number of hydrogen-bond acceptors (Lipinski definition) is 2. The van der Waals surface area contributed by atoms with Crippen LogP contribution in [0.5, 0.6) is 0 Å². The maximum absolute atomic E-state index is 11.9. The Bertz CT molecular complexity index is 561. The summed E-state index contributed by atoms with van der Waals surface area (Å²) in [7, 11) is 2.03. The van der Waals surface area contributed by atoms with Crippen LogP contribution in [0.25, 0.3) is 10.9 Å². The van der Waals surface area contributed by atoms with Gasteiger partial charge in [0.2, 0.25) is 0 Å². The van der Waals surface area contributed by atoms with Crippen molar-refractivity contribution < 1.29 is 4.79 Å². The number of carbonyl (C=O) groups excluding carboxylic acids is 1. The van der Waals surface area contributed by atoms with Crippen molar-refractivity contribution in [2.45, 2.75) is 11.4 Å². The molecule has 84 valence electrons. The number of fused-ring (bicyclic) bond motifs is 3. The van der Waals surface area contributed by atoms with E-state index in [9.17, 15) is 4.79 Å². The van der Waals surface area contributed by atoms with Crippen LogP contribution in [0, 0.1) is 0 Å². The number of halogens is 1. The predicted octanol–water partition coefficient (Wildman–Crippen LogP) is 3.28. The summed E-state index contributed by atoms with van der Waals surface area (Å²) in [6.07, 6.45) is 0.672. The third-order valence-corrected chi connectivity index (χ3v) is 4.06. The first-order valence-corrected chi connectivity index (χ1v) is 6.01. The van der Waals surface area contributed by atoms with Gasteiger partial charge in [-0.15, -0.1) is 24.2 Å². The maximum atomic E-state index is 11.9. The molecule has 0 amide bonds. The van der Waals surface area contributed by atoms with Crippen molar-refractivity contribution in [1.29, 1.82) is 0 Å². The van der Waals surface area contributed by atoms with Gasteiger partial charge in [0.15, 0.2) is 5.78 Å². The highest BCUT2D eigenvalue weighted by atomic mass is 35.5. The Morgan fingerprint density at radius 3 is 2.88 bits per heavy atom. The van der Waals surface area contributed by atoms with Gasteiger partial charge in [0.05, 0.1) is 10.6 Å². The minimum Gasteiger partial charge on any atom is -0.338 e. The van der Waals surface area contributed by atoms with E-state index in [2.05, 4.69) is 10.6 Å². The minimum absolute atomic E-state index is 0. The second-order valence-electron chi connectivity index (χ2n) is 3.78. The van der Waals surface area contributed by atoms with Gasteiger partial charge < -0.3 is 4.57 Å². The molecule has 0 N–H and O–H groups in total. The predicted molar refractivity (Wildman–Crippen MR) is 69.8 cm³/mol. The lowest BCUT2D eigenvalue weighted by Crippen LogP contribution is -2.08. The molecule has 0 aliphatic carbocycles. The summed E-state index contributed by atoms with van der Waals surface area (Å²) in [5, 5.41) is 2.24. The number of hydrogen-bond donors (Lipinski definition) is 0. The van der Waals surface area contributed by atoms with Crippen LogP contribution >= 0.6 is 24.2 Å². The van der Waals surface area contributed by atoms with Crippen molar-refractivity contribution >= 4 is 40.9 Å². The molecule has 0 saturated heterocycles. The maximum Gasteiger partial charge on any atom is 0.167 e. The van der Waals surface area contributed by atoms with Gasteiger partial charge in [-0.25, -0.2) is 0 Å². The summed E-state index contributed by atoms with van der Waals surface area (Å²) in [5.41, 5.74) is 2.09. The van der Waals surface area contributed by atoms with E-state index in [4.69, 9.17) is 0 Å². The van der Waals surface area contributed by atoms with Gasteiger partial charge in [0, 0.05) is 30.1 Å². The standard InChI is InChI=1S/C12H11NOS.ClH/c1-13-9-5-3-2-4-8(9)11-10(14)6-7-15-12(11)13;/h2-5H,6-7H2,1H3;1H. The number of aromatic nitrogens is 1. The number of thioether (sulfide) groups is 1. The topological polar surface area (TPSA) is 22.0 Å². The quantitative estimate of drug-likeness (QED) is 0.719. The summed E-state index contributed by atoms with van der Waals surface area (Å²) in [6.45, 7) is 0. The molecule has 0 unspecified atom stereocenters. The van der Waals surface area contributed by atoms with Crippen LogP contribution < -0.4 is 0 Å². The number of nitrogens with zero attached hydrogens (tertiary/aromatic N) is 1. The average Bonchev–Trinajstić information content (AvgIpc) is 2.55. The monoisotopic (exact) mass is 253 g/mol. The molecule has 16 heavy (non-hydrogen) atoms. The molecule has 1 aromatic carbocycles. The molecule has 0 bridgehead atoms. The molecule has 0 radical (unpaired) electrons. The Balaban J connectivity index is 0.000000963.